The second-order valence-electron chi connectivity index (χ2n) is 8.17. The van der Waals surface area contributed by atoms with E-state index < -0.39 is 39.5 Å². The van der Waals surface area contributed by atoms with E-state index in [1.807, 2.05) is 27.7 Å². The first kappa shape index (κ1) is 20.2. The van der Waals surface area contributed by atoms with E-state index in [0.717, 1.165) is 5.46 Å². The molecule has 2 aliphatic heterocycles. The Morgan fingerprint density at radius 2 is 1.56 bits per heavy atom. The van der Waals surface area contributed by atoms with Gasteiger partial charge < -0.3 is 19.3 Å². The molecule has 1 amide bonds. The fourth-order valence-electron chi connectivity index (χ4n) is 3.34. The summed E-state index contributed by atoms with van der Waals surface area (Å²) >= 11 is 0. The highest BCUT2D eigenvalue weighted by Gasteiger charge is 2.51. The van der Waals surface area contributed by atoms with Crippen LogP contribution in [0, 0.1) is 0 Å². The van der Waals surface area contributed by atoms with Gasteiger partial charge in [-0.25, -0.2) is 13.2 Å². The number of piperidine rings is 1. The molecule has 0 aliphatic carbocycles. The first-order chi connectivity index (χ1) is 12.4. The summed E-state index contributed by atoms with van der Waals surface area (Å²) in [6, 6.07) is 6.61. The molecule has 0 aromatic heterocycles. The fraction of sp³-hybridized carbons (Fsp3) is 0.611. The van der Waals surface area contributed by atoms with Crippen molar-refractivity contribution in [1.29, 1.82) is 0 Å². The molecule has 2 fully saturated rings. The predicted octanol–water partition coefficient (Wildman–Crippen LogP) is 1.90. The number of hydrogen-bond acceptors (Lipinski definition) is 5. The molecule has 0 bridgehead atoms. The van der Waals surface area contributed by atoms with Crippen LogP contribution in [0.3, 0.4) is 0 Å². The molecule has 9 heteroatoms. The maximum atomic E-state index is 12.9. The van der Waals surface area contributed by atoms with E-state index in [0.29, 0.717) is 12.8 Å². The lowest BCUT2D eigenvalue weighted by Gasteiger charge is -2.32. The van der Waals surface area contributed by atoms with Gasteiger partial charge in [0, 0.05) is 13.1 Å². The third kappa shape index (κ3) is 3.72. The molecule has 1 aromatic carbocycles. The predicted molar refractivity (Wildman–Crippen MR) is 102 cm³/mol. The molecule has 2 aliphatic rings. The Labute approximate surface area is 160 Å². The lowest BCUT2D eigenvalue weighted by Crippen LogP contribution is -2.41. The lowest BCUT2D eigenvalue weighted by molar-refractivity contribution is 0.00578. The number of rotatable bonds is 3. The third-order valence-corrected chi connectivity index (χ3v) is 8.16. The van der Waals surface area contributed by atoms with Crippen LogP contribution < -0.4 is 5.46 Å². The molecule has 3 rings (SSSR count). The molecule has 0 saturated carbocycles. The summed E-state index contributed by atoms with van der Waals surface area (Å²) in [5.41, 5.74) is -0.144. The number of carboxylic acid groups (broad SMARTS) is 1. The van der Waals surface area contributed by atoms with Gasteiger partial charge in [0.05, 0.1) is 21.3 Å². The Kier molecular flexibility index (Phi) is 5.07. The quantitative estimate of drug-likeness (QED) is 0.786. The van der Waals surface area contributed by atoms with E-state index in [9.17, 15) is 13.2 Å². The van der Waals surface area contributed by atoms with Gasteiger partial charge in [0.25, 0.3) is 0 Å². The van der Waals surface area contributed by atoms with Crippen molar-refractivity contribution in [3.63, 3.8) is 0 Å². The van der Waals surface area contributed by atoms with Crippen LogP contribution >= 0.6 is 0 Å². The minimum absolute atomic E-state index is 0.241. The minimum atomic E-state index is -3.50. The zero-order chi connectivity index (χ0) is 20.0. The van der Waals surface area contributed by atoms with Gasteiger partial charge in [-0.15, -0.1) is 0 Å². The van der Waals surface area contributed by atoms with E-state index in [2.05, 4.69) is 0 Å². The van der Waals surface area contributed by atoms with Gasteiger partial charge >= 0.3 is 13.2 Å². The number of sulfone groups is 1. The molecule has 2 heterocycles. The number of hydrogen-bond donors (Lipinski definition) is 1. The monoisotopic (exact) mass is 395 g/mol. The average molecular weight is 395 g/mol. The van der Waals surface area contributed by atoms with Gasteiger partial charge in [-0.1, -0.05) is 12.1 Å². The maximum absolute atomic E-state index is 12.9. The Hall–Kier alpha value is -1.58. The Bertz CT molecular complexity index is 797. The molecular formula is C18H26BNO6S. The summed E-state index contributed by atoms with van der Waals surface area (Å²) in [5, 5.41) is 8.45. The fourth-order valence-corrected chi connectivity index (χ4v) is 5.08. The number of carbonyl (C=O) groups is 1. The summed E-state index contributed by atoms with van der Waals surface area (Å²) < 4.78 is 37.7. The lowest BCUT2D eigenvalue weighted by atomic mass is 9.79. The number of benzene rings is 1. The first-order valence-electron chi connectivity index (χ1n) is 9.11. The van der Waals surface area contributed by atoms with Crippen LogP contribution in [0.25, 0.3) is 0 Å². The van der Waals surface area contributed by atoms with E-state index in [-0.39, 0.29) is 18.0 Å². The molecule has 148 valence electrons. The molecular weight excluding hydrogens is 369 g/mol. The van der Waals surface area contributed by atoms with Crippen molar-refractivity contribution in [2.75, 3.05) is 13.1 Å². The third-order valence-electron chi connectivity index (χ3n) is 5.89. The van der Waals surface area contributed by atoms with Crippen LogP contribution in [0.4, 0.5) is 4.79 Å². The second-order valence-corrected chi connectivity index (χ2v) is 10.4. The van der Waals surface area contributed by atoms with Crippen molar-refractivity contribution in [2.24, 2.45) is 0 Å². The molecule has 0 atom stereocenters. The Morgan fingerprint density at radius 3 is 2.00 bits per heavy atom. The van der Waals surface area contributed by atoms with Crippen molar-refractivity contribution in [3.8, 4) is 0 Å². The van der Waals surface area contributed by atoms with Crippen molar-refractivity contribution < 1.29 is 27.6 Å². The van der Waals surface area contributed by atoms with Gasteiger partial charge in [-0.05, 0) is 58.1 Å². The van der Waals surface area contributed by atoms with E-state index in [1.165, 1.54) is 4.90 Å². The number of nitrogens with zero attached hydrogens (tertiary/aromatic N) is 1. The molecule has 2 saturated heterocycles. The van der Waals surface area contributed by atoms with Gasteiger partial charge in [-0.3, -0.25) is 0 Å². The zero-order valence-corrected chi connectivity index (χ0v) is 17.0. The average Bonchev–Trinajstić information content (AvgIpc) is 2.83. The first-order valence-corrected chi connectivity index (χ1v) is 10.7. The van der Waals surface area contributed by atoms with Crippen LogP contribution in [-0.2, 0) is 19.1 Å². The summed E-state index contributed by atoms with van der Waals surface area (Å²) in [7, 11) is -4.03. The van der Waals surface area contributed by atoms with Gasteiger partial charge in [0.1, 0.15) is 0 Å². The summed E-state index contributed by atoms with van der Waals surface area (Å²) in [4.78, 5) is 12.5. The summed E-state index contributed by atoms with van der Waals surface area (Å²) in [5.74, 6) is 0. The molecule has 0 unspecified atom stereocenters. The summed E-state index contributed by atoms with van der Waals surface area (Å²) in [6.07, 6.45) is -0.376. The van der Waals surface area contributed by atoms with Gasteiger partial charge in [-0.2, -0.15) is 0 Å². The largest absolute Gasteiger partial charge is 0.494 e. The van der Waals surface area contributed by atoms with E-state index >= 15 is 0 Å². The second kappa shape index (κ2) is 6.79. The smallest absolute Gasteiger partial charge is 0.465 e. The van der Waals surface area contributed by atoms with Crippen molar-refractivity contribution >= 4 is 28.5 Å². The maximum Gasteiger partial charge on any atom is 0.494 e. The highest BCUT2D eigenvalue weighted by molar-refractivity contribution is 7.92. The van der Waals surface area contributed by atoms with Crippen LogP contribution in [0.1, 0.15) is 40.5 Å². The summed E-state index contributed by atoms with van der Waals surface area (Å²) in [6.45, 7) is 8.35. The standard InChI is InChI=1S/C18H26BNO6S/c1-17(2)18(3,4)26-19(25-17)13-5-7-14(8-6-13)27(23,24)15-9-11-20(12-10-15)16(21)22/h5-8,15H,9-12H2,1-4H3,(H,21,22). The van der Waals surface area contributed by atoms with Crippen molar-refractivity contribution in [3.05, 3.63) is 24.3 Å². The molecule has 0 spiro atoms. The molecule has 1 N–H and O–H groups in total. The van der Waals surface area contributed by atoms with Crippen LogP contribution in [0.2, 0.25) is 0 Å². The highest BCUT2D eigenvalue weighted by Crippen LogP contribution is 2.36. The van der Waals surface area contributed by atoms with Crippen LogP contribution in [-0.4, -0.2) is 61.2 Å². The molecule has 27 heavy (non-hydrogen) atoms. The zero-order valence-electron chi connectivity index (χ0n) is 16.1. The number of likely N-dealkylation sites (tertiary alicyclic amines) is 1. The Morgan fingerprint density at radius 1 is 1.07 bits per heavy atom. The van der Waals surface area contributed by atoms with E-state index in [1.54, 1.807) is 24.3 Å². The normalized spacial score (nSPS) is 22.8. The topological polar surface area (TPSA) is 93.1 Å². The van der Waals surface area contributed by atoms with E-state index in [4.69, 9.17) is 14.4 Å². The molecule has 0 radical (unpaired) electrons. The van der Waals surface area contributed by atoms with Crippen LogP contribution in [0.5, 0.6) is 0 Å². The SMILES string of the molecule is CC1(C)OB(c2ccc(S(=O)(=O)C3CCN(C(=O)O)CC3)cc2)OC1(C)C. The van der Waals surface area contributed by atoms with Gasteiger partial charge in [0.15, 0.2) is 9.84 Å². The Balaban J connectivity index is 1.73. The van der Waals surface area contributed by atoms with Crippen LogP contribution in [0.15, 0.2) is 29.2 Å². The number of amides is 1. The molecule has 1 aromatic rings. The van der Waals surface area contributed by atoms with Gasteiger partial charge in [0.2, 0.25) is 0 Å². The highest BCUT2D eigenvalue weighted by atomic mass is 32.2. The molecule has 7 nitrogen and oxygen atoms in total. The van der Waals surface area contributed by atoms with Crippen molar-refractivity contribution in [1.82, 2.24) is 4.90 Å². The minimum Gasteiger partial charge on any atom is -0.465 e. The van der Waals surface area contributed by atoms with Crippen molar-refractivity contribution in [2.45, 2.75) is 61.9 Å².